The Morgan fingerprint density at radius 3 is 2.62 bits per heavy atom. The summed E-state index contributed by atoms with van der Waals surface area (Å²) in [5.41, 5.74) is 2.95. The van der Waals surface area contributed by atoms with Crippen LogP contribution in [0.3, 0.4) is 0 Å². The number of nitrogens with one attached hydrogen (secondary N) is 1. The van der Waals surface area contributed by atoms with Gasteiger partial charge in [-0.3, -0.25) is 9.59 Å². The van der Waals surface area contributed by atoms with E-state index in [0.717, 1.165) is 16.7 Å². The first-order valence-corrected chi connectivity index (χ1v) is 9.95. The summed E-state index contributed by atoms with van der Waals surface area (Å²) in [6.45, 7) is 5.26. The highest BCUT2D eigenvalue weighted by molar-refractivity contribution is 8.14. The van der Waals surface area contributed by atoms with Gasteiger partial charge in [0.2, 0.25) is 11.8 Å². The molecule has 1 heterocycles. The first-order valence-electron chi connectivity index (χ1n) is 9.07. The number of ether oxygens (including phenoxy) is 2. The van der Waals surface area contributed by atoms with Crippen molar-refractivity contribution in [3.63, 3.8) is 0 Å². The van der Waals surface area contributed by atoms with Crippen LogP contribution in [0, 0.1) is 6.92 Å². The predicted molar refractivity (Wildman–Crippen MR) is 113 cm³/mol. The smallest absolute Gasteiger partial charge is 0.241 e. The van der Waals surface area contributed by atoms with Crippen LogP contribution in [0.25, 0.3) is 0 Å². The van der Waals surface area contributed by atoms with Gasteiger partial charge in [-0.1, -0.05) is 36.0 Å². The summed E-state index contributed by atoms with van der Waals surface area (Å²) in [6.07, 6.45) is 0. The summed E-state index contributed by atoms with van der Waals surface area (Å²) < 4.78 is 11.5. The summed E-state index contributed by atoms with van der Waals surface area (Å²) in [6, 6.07) is 13.5. The molecule has 0 saturated heterocycles. The maximum Gasteiger partial charge on any atom is 0.241 e. The molecule has 0 bridgehead atoms. The fourth-order valence-electron chi connectivity index (χ4n) is 2.87. The maximum atomic E-state index is 12.2. The lowest BCUT2D eigenvalue weighted by Crippen LogP contribution is -2.25. The summed E-state index contributed by atoms with van der Waals surface area (Å²) in [5.74, 6) is 0.773. The Kier molecular flexibility index (Phi) is 6.43. The van der Waals surface area contributed by atoms with Crippen molar-refractivity contribution in [2.24, 2.45) is 5.10 Å². The van der Waals surface area contributed by atoms with Crippen LogP contribution in [0.2, 0.25) is 0 Å². The Bertz CT molecular complexity index is 961. The molecule has 0 saturated carbocycles. The first kappa shape index (κ1) is 20.7. The molecule has 8 heteroatoms. The Balaban J connectivity index is 1.91. The second-order valence-electron chi connectivity index (χ2n) is 6.54. The van der Waals surface area contributed by atoms with Gasteiger partial charge in [0.15, 0.2) is 5.17 Å². The molecule has 7 nitrogen and oxygen atoms in total. The third-order valence-corrected chi connectivity index (χ3v) is 5.46. The number of methoxy groups -OCH3 is 1. The van der Waals surface area contributed by atoms with Crippen molar-refractivity contribution in [3.05, 3.63) is 59.2 Å². The molecule has 2 aromatic carbocycles. The molecular weight excluding hydrogens is 390 g/mol. The van der Waals surface area contributed by atoms with Gasteiger partial charge in [-0.25, -0.2) is 5.01 Å². The average Bonchev–Trinajstić information content (AvgIpc) is 3.10. The molecule has 2 amide bonds. The van der Waals surface area contributed by atoms with E-state index >= 15 is 0 Å². The van der Waals surface area contributed by atoms with E-state index in [2.05, 4.69) is 10.4 Å². The van der Waals surface area contributed by atoms with E-state index in [9.17, 15) is 9.59 Å². The predicted octanol–water partition coefficient (Wildman–Crippen LogP) is 3.58. The average molecular weight is 413 g/mol. The van der Waals surface area contributed by atoms with Gasteiger partial charge in [0.25, 0.3) is 0 Å². The summed E-state index contributed by atoms with van der Waals surface area (Å²) in [4.78, 5) is 23.6. The molecule has 0 unspecified atom stereocenters. The van der Waals surface area contributed by atoms with Gasteiger partial charge in [-0.05, 0) is 36.2 Å². The number of benzene rings is 2. The number of carbonyl (C=O) groups excluding carboxylic acids is 2. The molecule has 2 aromatic rings. The van der Waals surface area contributed by atoms with Crippen LogP contribution in [0.4, 0.5) is 0 Å². The normalized spacial score (nSPS) is 15.7. The van der Waals surface area contributed by atoms with Crippen LogP contribution >= 0.6 is 11.8 Å². The zero-order valence-electron chi connectivity index (χ0n) is 16.8. The maximum absolute atomic E-state index is 12.2. The quantitative estimate of drug-likeness (QED) is 0.810. The molecule has 0 fully saturated rings. The highest BCUT2D eigenvalue weighted by Crippen LogP contribution is 2.44. The van der Waals surface area contributed by atoms with Crippen molar-refractivity contribution in [2.45, 2.75) is 32.8 Å². The van der Waals surface area contributed by atoms with Gasteiger partial charge in [0.05, 0.1) is 7.11 Å². The van der Waals surface area contributed by atoms with Gasteiger partial charge in [-0.2, -0.15) is 0 Å². The van der Waals surface area contributed by atoms with Crippen LogP contribution in [0.15, 0.2) is 47.6 Å². The van der Waals surface area contributed by atoms with Crippen LogP contribution in [0.5, 0.6) is 11.5 Å². The summed E-state index contributed by atoms with van der Waals surface area (Å²) >= 11 is 1.27. The fraction of sp³-hybridized carbons (Fsp3) is 0.286. The van der Waals surface area contributed by atoms with Gasteiger partial charge < -0.3 is 14.8 Å². The first-order chi connectivity index (χ1) is 13.9. The Morgan fingerprint density at radius 2 is 1.97 bits per heavy atom. The fourth-order valence-corrected chi connectivity index (χ4v) is 4.03. The van der Waals surface area contributed by atoms with E-state index in [1.165, 1.54) is 30.6 Å². The molecule has 0 spiro atoms. The van der Waals surface area contributed by atoms with E-state index in [-0.39, 0.29) is 11.8 Å². The SMILES string of the molecule is COc1ccc(OCc2ccccc2C)c([C@@H]2SC(NC(C)=O)=NN2C(C)=O)c1. The summed E-state index contributed by atoms with van der Waals surface area (Å²) in [7, 11) is 1.58. The molecule has 1 N–H and O–H groups in total. The molecular formula is C21H23N3O4S. The minimum Gasteiger partial charge on any atom is -0.497 e. The van der Waals surface area contributed by atoms with E-state index in [0.29, 0.717) is 23.3 Å². The van der Waals surface area contributed by atoms with Crippen molar-refractivity contribution < 1.29 is 19.1 Å². The Hall–Kier alpha value is -3.00. The van der Waals surface area contributed by atoms with Crippen molar-refractivity contribution >= 4 is 28.7 Å². The third kappa shape index (κ3) is 4.89. The minimum absolute atomic E-state index is 0.240. The van der Waals surface area contributed by atoms with E-state index in [4.69, 9.17) is 9.47 Å². The molecule has 0 aliphatic carbocycles. The molecule has 1 aliphatic rings. The number of hydrogen-bond donors (Lipinski definition) is 1. The molecule has 29 heavy (non-hydrogen) atoms. The van der Waals surface area contributed by atoms with Crippen LogP contribution in [-0.2, 0) is 16.2 Å². The number of rotatable bonds is 5. The van der Waals surface area contributed by atoms with Gasteiger partial charge in [0, 0.05) is 19.4 Å². The molecule has 152 valence electrons. The number of carbonyl (C=O) groups is 2. The van der Waals surface area contributed by atoms with E-state index in [1.807, 2.05) is 49.4 Å². The van der Waals surface area contributed by atoms with Crippen molar-refractivity contribution in [2.75, 3.05) is 7.11 Å². The number of nitrogens with zero attached hydrogens (tertiary/aromatic N) is 2. The number of hydrazone groups is 1. The molecule has 0 radical (unpaired) electrons. The molecule has 1 atom stereocenters. The number of amidine groups is 1. The number of amides is 2. The number of thioether (sulfide) groups is 1. The van der Waals surface area contributed by atoms with Crippen molar-refractivity contribution in [3.8, 4) is 11.5 Å². The lowest BCUT2D eigenvalue weighted by atomic mass is 10.1. The third-order valence-electron chi connectivity index (χ3n) is 4.38. The second-order valence-corrected chi connectivity index (χ2v) is 7.61. The number of hydrogen-bond acceptors (Lipinski definition) is 6. The van der Waals surface area contributed by atoms with Crippen LogP contribution in [0.1, 0.15) is 35.9 Å². The lowest BCUT2D eigenvalue weighted by molar-refractivity contribution is -0.129. The topological polar surface area (TPSA) is 80.2 Å². The Labute approximate surface area is 174 Å². The minimum atomic E-state index is -0.476. The van der Waals surface area contributed by atoms with E-state index in [1.54, 1.807) is 7.11 Å². The van der Waals surface area contributed by atoms with Crippen molar-refractivity contribution in [1.82, 2.24) is 10.3 Å². The second kappa shape index (κ2) is 9.00. The monoisotopic (exact) mass is 413 g/mol. The van der Waals surface area contributed by atoms with E-state index < -0.39 is 5.37 Å². The molecule has 3 rings (SSSR count). The zero-order valence-corrected chi connectivity index (χ0v) is 17.6. The van der Waals surface area contributed by atoms with Gasteiger partial charge >= 0.3 is 0 Å². The van der Waals surface area contributed by atoms with Gasteiger partial charge in [-0.15, -0.1) is 5.10 Å². The van der Waals surface area contributed by atoms with Crippen molar-refractivity contribution in [1.29, 1.82) is 0 Å². The summed E-state index contributed by atoms with van der Waals surface area (Å²) in [5, 5.41) is 8.13. The molecule has 1 aliphatic heterocycles. The highest BCUT2D eigenvalue weighted by atomic mass is 32.2. The standard InChI is InChI=1S/C21H23N3O4S/c1-13-7-5-6-8-16(13)12-28-19-10-9-17(27-4)11-18(19)20-24(15(3)26)23-21(29-20)22-14(2)25/h5-11,20H,12H2,1-4H3,(H,22,23,25)/t20-/m0/s1. The largest absolute Gasteiger partial charge is 0.497 e. The van der Waals surface area contributed by atoms with Crippen LogP contribution in [-0.4, -0.2) is 29.1 Å². The molecule has 0 aromatic heterocycles. The van der Waals surface area contributed by atoms with Crippen LogP contribution < -0.4 is 14.8 Å². The zero-order chi connectivity index (χ0) is 21.0. The Morgan fingerprint density at radius 1 is 1.21 bits per heavy atom. The highest BCUT2D eigenvalue weighted by Gasteiger charge is 2.34. The number of aryl methyl sites for hydroxylation is 1. The lowest BCUT2D eigenvalue weighted by Gasteiger charge is -2.22. The van der Waals surface area contributed by atoms with Gasteiger partial charge in [0.1, 0.15) is 23.5 Å².